The summed E-state index contributed by atoms with van der Waals surface area (Å²) in [5, 5.41) is 13.8. The second-order valence-electron chi connectivity index (χ2n) is 5.93. The molecule has 148 valence electrons. The third kappa shape index (κ3) is 4.26. The van der Waals surface area contributed by atoms with E-state index in [0.717, 1.165) is 4.90 Å². The number of carbonyl (C=O) groups excluding carboxylic acids is 3. The standard InChI is InChI=1S/C19H21FN4O4/c1-21-15-9-8-13(10-14(15)20)11-4-6-12(7-5-11)19(27)24(3)16(17(25)22-2)18(26)23-28/h4-10,16,21,28H,1-3H3,(H,22,25)(H,23,26). The first kappa shape index (κ1) is 20.8. The zero-order valence-corrected chi connectivity index (χ0v) is 15.6. The van der Waals surface area contributed by atoms with Crippen LogP contribution in [0.3, 0.4) is 0 Å². The maximum Gasteiger partial charge on any atom is 0.275 e. The molecule has 0 aliphatic rings. The normalized spacial score (nSPS) is 11.3. The van der Waals surface area contributed by atoms with E-state index in [-0.39, 0.29) is 5.56 Å². The Labute approximate surface area is 161 Å². The summed E-state index contributed by atoms with van der Waals surface area (Å²) in [5.41, 5.74) is 3.30. The molecule has 0 heterocycles. The molecule has 0 bridgehead atoms. The van der Waals surface area contributed by atoms with Gasteiger partial charge in [0.15, 0.2) is 6.04 Å². The number of amides is 3. The van der Waals surface area contributed by atoms with E-state index in [4.69, 9.17) is 5.21 Å². The highest BCUT2D eigenvalue weighted by Gasteiger charge is 2.33. The van der Waals surface area contributed by atoms with Gasteiger partial charge in [0, 0.05) is 26.7 Å². The lowest BCUT2D eigenvalue weighted by atomic mass is 10.0. The van der Waals surface area contributed by atoms with Gasteiger partial charge in [-0.15, -0.1) is 0 Å². The Kier molecular flexibility index (Phi) is 6.67. The van der Waals surface area contributed by atoms with Crippen LogP contribution < -0.4 is 16.1 Å². The van der Waals surface area contributed by atoms with Crippen molar-refractivity contribution in [2.24, 2.45) is 0 Å². The van der Waals surface area contributed by atoms with Crippen LogP contribution in [0, 0.1) is 5.82 Å². The predicted molar refractivity (Wildman–Crippen MR) is 101 cm³/mol. The number of hydrogen-bond acceptors (Lipinski definition) is 5. The number of carbonyl (C=O) groups is 3. The molecule has 4 N–H and O–H groups in total. The summed E-state index contributed by atoms with van der Waals surface area (Å²) in [4.78, 5) is 37.2. The molecule has 0 saturated carbocycles. The van der Waals surface area contributed by atoms with Crippen molar-refractivity contribution >= 4 is 23.4 Å². The lowest BCUT2D eigenvalue weighted by molar-refractivity contribution is -0.140. The number of nitrogens with one attached hydrogen (secondary N) is 3. The molecule has 0 radical (unpaired) electrons. The Balaban J connectivity index is 2.26. The molecule has 1 atom stereocenters. The molecule has 2 rings (SSSR count). The van der Waals surface area contributed by atoms with Crippen molar-refractivity contribution in [2.45, 2.75) is 6.04 Å². The van der Waals surface area contributed by atoms with Gasteiger partial charge in [-0.05, 0) is 35.4 Å². The lowest BCUT2D eigenvalue weighted by Gasteiger charge is -2.25. The van der Waals surface area contributed by atoms with Crippen molar-refractivity contribution < 1.29 is 24.0 Å². The Morgan fingerprint density at radius 1 is 1.00 bits per heavy atom. The van der Waals surface area contributed by atoms with Crippen molar-refractivity contribution in [3.63, 3.8) is 0 Å². The molecule has 0 aromatic heterocycles. The van der Waals surface area contributed by atoms with Crippen LogP contribution in [0.5, 0.6) is 0 Å². The Morgan fingerprint density at radius 2 is 1.61 bits per heavy atom. The molecule has 3 amide bonds. The molecule has 0 fully saturated rings. The van der Waals surface area contributed by atoms with Crippen LogP contribution in [-0.2, 0) is 9.59 Å². The Hall–Kier alpha value is -3.46. The van der Waals surface area contributed by atoms with Crippen LogP contribution in [-0.4, -0.2) is 55.0 Å². The quantitative estimate of drug-likeness (QED) is 0.338. The summed E-state index contributed by atoms with van der Waals surface area (Å²) in [6, 6.07) is 9.48. The average molecular weight is 388 g/mol. The first-order chi connectivity index (χ1) is 13.3. The second kappa shape index (κ2) is 8.96. The van der Waals surface area contributed by atoms with E-state index < -0.39 is 29.6 Å². The number of hydroxylamine groups is 1. The number of halogens is 1. The zero-order valence-electron chi connectivity index (χ0n) is 15.6. The molecule has 9 heteroatoms. The fourth-order valence-corrected chi connectivity index (χ4v) is 2.69. The van der Waals surface area contributed by atoms with Crippen LogP contribution in [0.1, 0.15) is 10.4 Å². The maximum absolute atomic E-state index is 13.9. The monoisotopic (exact) mass is 388 g/mol. The number of nitrogens with zero attached hydrogens (tertiary/aromatic N) is 1. The van der Waals surface area contributed by atoms with E-state index in [1.165, 1.54) is 37.8 Å². The van der Waals surface area contributed by atoms with Gasteiger partial charge in [0.25, 0.3) is 17.7 Å². The number of benzene rings is 2. The Bertz CT molecular complexity index is 870. The Morgan fingerprint density at radius 3 is 2.11 bits per heavy atom. The van der Waals surface area contributed by atoms with E-state index in [0.29, 0.717) is 16.8 Å². The summed E-state index contributed by atoms with van der Waals surface area (Å²) in [5.74, 6) is -2.78. The molecular weight excluding hydrogens is 367 g/mol. The van der Waals surface area contributed by atoms with Gasteiger partial charge in [-0.3, -0.25) is 19.6 Å². The molecule has 28 heavy (non-hydrogen) atoms. The van der Waals surface area contributed by atoms with Gasteiger partial charge in [0.1, 0.15) is 5.82 Å². The van der Waals surface area contributed by atoms with Gasteiger partial charge in [-0.1, -0.05) is 18.2 Å². The van der Waals surface area contributed by atoms with E-state index in [1.54, 1.807) is 31.3 Å². The molecule has 2 aromatic rings. The summed E-state index contributed by atoms with van der Waals surface area (Å²) in [6.45, 7) is 0. The van der Waals surface area contributed by atoms with E-state index in [1.807, 2.05) is 0 Å². The largest absolute Gasteiger partial charge is 0.386 e. The van der Waals surface area contributed by atoms with Gasteiger partial charge < -0.3 is 15.5 Å². The summed E-state index contributed by atoms with van der Waals surface area (Å²) in [7, 11) is 4.21. The van der Waals surface area contributed by atoms with E-state index in [2.05, 4.69) is 10.6 Å². The van der Waals surface area contributed by atoms with Gasteiger partial charge in [0.05, 0.1) is 5.69 Å². The molecule has 8 nitrogen and oxygen atoms in total. The minimum absolute atomic E-state index is 0.221. The molecule has 0 aliphatic carbocycles. The smallest absolute Gasteiger partial charge is 0.275 e. The molecule has 0 aliphatic heterocycles. The van der Waals surface area contributed by atoms with Crippen molar-refractivity contribution in [3.8, 4) is 11.1 Å². The number of likely N-dealkylation sites (N-methyl/N-ethyl adjacent to an activating group) is 2. The fraction of sp³-hybridized carbons (Fsp3) is 0.211. The molecule has 1 unspecified atom stereocenters. The summed E-state index contributed by atoms with van der Waals surface area (Å²) >= 11 is 0. The fourth-order valence-electron chi connectivity index (χ4n) is 2.69. The number of anilines is 1. The third-order valence-electron chi connectivity index (χ3n) is 4.26. The van der Waals surface area contributed by atoms with Crippen LogP contribution in [0.4, 0.5) is 10.1 Å². The van der Waals surface area contributed by atoms with Gasteiger partial charge >= 0.3 is 0 Å². The SMILES string of the molecule is CNC(=O)C(C(=O)NO)N(C)C(=O)c1ccc(-c2ccc(NC)c(F)c2)cc1. The first-order valence-electron chi connectivity index (χ1n) is 8.34. The minimum atomic E-state index is -1.54. The van der Waals surface area contributed by atoms with E-state index in [9.17, 15) is 18.8 Å². The summed E-state index contributed by atoms with van der Waals surface area (Å²) in [6.07, 6.45) is 0. The zero-order chi connectivity index (χ0) is 20.8. The highest BCUT2D eigenvalue weighted by Crippen LogP contribution is 2.24. The van der Waals surface area contributed by atoms with Crippen molar-refractivity contribution in [1.82, 2.24) is 15.7 Å². The highest BCUT2D eigenvalue weighted by atomic mass is 19.1. The highest BCUT2D eigenvalue weighted by molar-refractivity contribution is 6.08. The van der Waals surface area contributed by atoms with Gasteiger partial charge in [-0.2, -0.15) is 0 Å². The predicted octanol–water partition coefficient (Wildman–Crippen LogP) is 1.23. The van der Waals surface area contributed by atoms with Gasteiger partial charge in [0.2, 0.25) is 0 Å². The molecular formula is C19H21FN4O4. The maximum atomic E-state index is 13.9. The van der Waals surface area contributed by atoms with Gasteiger partial charge in [-0.25, -0.2) is 9.87 Å². The number of hydrogen-bond donors (Lipinski definition) is 4. The minimum Gasteiger partial charge on any atom is -0.386 e. The molecule has 0 saturated heterocycles. The first-order valence-corrected chi connectivity index (χ1v) is 8.34. The van der Waals surface area contributed by atoms with Crippen molar-refractivity contribution in [2.75, 3.05) is 26.5 Å². The van der Waals surface area contributed by atoms with Crippen LogP contribution in [0.15, 0.2) is 42.5 Å². The number of rotatable bonds is 6. The third-order valence-corrected chi connectivity index (χ3v) is 4.26. The lowest BCUT2D eigenvalue weighted by Crippen LogP contribution is -2.54. The topological polar surface area (TPSA) is 111 Å². The van der Waals surface area contributed by atoms with E-state index >= 15 is 0 Å². The van der Waals surface area contributed by atoms with Crippen molar-refractivity contribution in [1.29, 1.82) is 0 Å². The molecule has 0 spiro atoms. The second-order valence-corrected chi connectivity index (χ2v) is 5.93. The molecule has 2 aromatic carbocycles. The van der Waals surface area contributed by atoms with Crippen LogP contribution in [0.25, 0.3) is 11.1 Å². The van der Waals surface area contributed by atoms with Crippen LogP contribution in [0.2, 0.25) is 0 Å². The average Bonchev–Trinajstić information content (AvgIpc) is 2.72. The summed E-state index contributed by atoms with van der Waals surface area (Å²) < 4.78 is 13.9. The van der Waals surface area contributed by atoms with Crippen molar-refractivity contribution in [3.05, 3.63) is 53.8 Å². The van der Waals surface area contributed by atoms with Crippen LogP contribution >= 0.6 is 0 Å².